The van der Waals surface area contributed by atoms with Crippen molar-refractivity contribution in [2.24, 2.45) is 5.92 Å². The predicted octanol–water partition coefficient (Wildman–Crippen LogP) is 2.88. The van der Waals surface area contributed by atoms with Crippen molar-refractivity contribution in [1.29, 1.82) is 0 Å². The summed E-state index contributed by atoms with van der Waals surface area (Å²) in [7, 11) is 1.50. The number of hydroxylamine groups is 1. The van der Waals surface area contributed by atoms with E-state index in [-0.39, 0.29) is 17.9 Å². The van der Waals surface area contributed by atoms with Crippen molar-refractivity contribution < 1.29 is 14.4 Å². The van der Waals surface area contributed by atoms with Crippen molar-refractivity contribution in [3.63, 3.8) is 0 Å². The number of imide groups is 1. The van der Waals surface area contributed by atoms with Gasteiger partial charge in [0, 0.05) is 16.9 Å². The molecule has 0 saturated carbocycles. The zero-order chi connectivity index (χ0) is 16.1. The Morgan fingerprint density at radius 1 is 1.13 bits per heavy atom. The smallest absolute Gasteiger partial charge is 0.261 e. The summed E-state index contributed by atoms with van der Waals surface area (Å²) in [5.41, 5.74) is 0.769. The molecule has 3 atom stereocenters. The molecule has 3 heterocycles. The van der Waals surface area contributed by atoms with Crippen LogP contribution in [0.2, 0.25) is 5.02 Å². The van der Waals surface area contributed by atoms with E-state index in [2.05, 4.69) is 0 Å². The molecule has 1 aromatic carbocycles. The average molecular weight is 349 g/mol. The number of nitrogens with zero attached hydrogens (tertiary/aromatic N) is 2. The fourth-order valence-electron chi connectivity index (χ4n) is 3.11. The molecule has 7 heteroatoms. The van der Waals surface area contributed by atoms with Gasteiger partial charge in [0.25, 0.3) is 5.91 Å². The summed E-state index contributed by atoms with van der Waals surface area (Å²) in [6, 6.07) is 10.7. The molecule has 3 unspecified atom stereocenters. The van der Waals surface area contributed by atoms with E-state index >= 15 is 0 Å². The summed E-state index contributed by atoms with van der Waals surface area (Å²) in [5.74, 6) is -1.02. The Morgan fingerprint density at radius 2 is 1.87 bits per heavy atom. The number of hydrogen-bond donors (Lipinski definition) is 0. The van der Waals surface area contributed by atoms with Crippen LogP contribution in [0.5, 0.6) is 0 Å². The Hall–Kier alpha value is -1.89. The molecule has 0 spiro atoms. The van der Waals surface area contributed by atoms with Gasteiger partial charge in [0.05, 0.1) is 5.69 Å². The highest BCUT2D eigenvalue weighted by Gasteiger charge is 2.59. The largest absolute Gasteiger partial charge is 0.283 e. The van der Waals surface area contributed by atoms with E-state index in [9.17, 15) is 9.59 Å². The van der Waals surface area contributed by atoms with Gasteiger partial charge in [-0.1, -0.05) is 17.7 Å². The lowest BCUT2D eigenvalue weighted by atomic mass is 9.95. The molecule has 5 nitrogen and oxygen atoms in total. The summed E-state index contributed by atoms with van der Waals surface area (Å²) >= 11 is 7.49. The monoisotopic (exact) mass is 348 g/mol. The molecule has 2 fully saturated rings. The van der Waals surface area contributed by atoms with Crippen LogP contribution in [0.25, 0.3) is 0 Å². The maximum Gasteiger partial charge on any atom is 0.261 e. The molecule has 4 rings (SSSR count). The molecule has 2 saturated heterocycles. The number of anilines is 1. The number of amides is 2. The first-order chi connectivity index (χ1) is 11.1. The Kier molecular flexibility index (Phi) is 3.41. The molecule has 2 aliphatic heterocycles. The van der Waals surface area contributed by atoms with Gasteiger partial charge in [0.2, 0.25) is 5.91 Å². The molecule has 23 heavy (non-hydrogen) atoms. The van der Waals surface area contributed by atoms with Gasteiger partial charge >= 0.3 is 0 Å². The molecular weight excluding hydrogens is 336 g/mol. The number of likely N-dealkylation sites (N-methyl/N-ethyl adjacent to an activating group) is 1. The molecule has 0 N–H and O–H groups in total. The Morgan fingerprint density at radius 3 is 2.52 bits per heavy atom. The molecular formula is C16H13ClN2O3S. The lowest BCUT2D eigenvalue weighted by Gasteiger charge is -2.27. The van der Waals surface area contributed by atoms with Gasteiger partial charge < -0.3 is 0 Å². The first-order valence-corrected chi connectivity index (χ1v) is 8.40. The van der Waals surface area contributed by atoms with Gasteiger partial charge in [0.1, 0.15) is 12.0 Å². The molecule has 0 radical (unpaired) electrons. The number of halogens is 1. The number of likely N-dealkylation sites (tertiary alicyclic amines) is 1. The summed E-state index contributed by atoms with van der Waals surface area (Å²) in [6.07, 6.45) is -0.768. The molecule has 2 aliphatic rings. The van der Waals surface area contributed by atoms with E-state index in [1.807, 2.05) is 29.6 Å². The number of hydrogen-bond acceptors (Lipinski definition) is 5. The lowest BCUT2D eigenvalue weighted by molar-refractivity contribution is -0.141. The molecule has 0 bridgehead atoms. The maximum absolute atomic E-state index is 12.5. The van der Waals surface area contributed by atoms with Gasteiger partial charge in [-0.15, -0.1) is 11.3 Å². The van der Waals surface area contributed by atoms with Crippen molar-refractivity contribution in [2.75, 3.05) is 12.1 Å². The van der Waals surface area contributed by atoms with Gasteiger partial charge in [-0.3, -0.25) is 19.3 Å². The molecule has 2 amide bonds. The standard InChI is InChI=1S/C16H13ClN2O3S/c1-18-15(20)12-13(11-3-2-8-23-11)19(22-14(12)16(18)21)10-6-4-9(17)5-7-10/h2-8,12-14H,1H3. The van der Waals surface area contributed by atoms with E-state index < -0.39 is 12.0 Å². The number of fused-ring (bicyclic) bond motifs is 1. The number of benzene rings is 1. The van der Waals surface area contributed by atoms with Crippen LogP contribution in [-0.2, 0) is 14.4 Å². The van der Waals surface area contributed by atoms with Crippen LogP contribution in [0.4, 0.5) is 5.69 Å². The SMILES string of the molecule is CN1C(=O)C2ON(c3ccc(Cl)cc3)C(c3cccs3)C2C1=O. The van der Waals surface area contributed by atoms with Gasteiger partial charge in [-0.25, -0.2) is 5.06 Å². The van der Waals surface area contributed by atoms with Crippen LogP contribution in [0, 0.1) is 5.92 Å². The highest BCUT2D eigenvalue weighted by molar-refractivity contribution is 7.10. The molecule has 0 aliphatic carbocycles. The minimum atomic E-state index is -0.768. The van der Waals surface area contributed by atoms with Crippen molar-refractivity contribution in [3.05, 3.63) is 51.7 Å². The summed E-state index contributed by atoms with van der Waals surface area (Å²) in [4.78, 5) is 32.8. The summed E-state index contributed by atoms with van der Waals surface area (Å²) in [6.45, 7) is 0. The fraction of sp³-hybridized carbons (Fsp3) is 0.250. The van der Waals surface area contributed by atoms with Crippen LogP contribution >= 0.6 is 22.9 Å². The first-order valence-electron chi connectivity index (χ1n) is 7.14. The van der Waals surface area contributed by atoms with Crippen molar-refractivity contribution in [2.45, 2.75) is 12.1 Å². The minimum Gasteiger partial charge on any atom is -0.283 e. The zero-order valence-corrected chi connectivity index (χ0v) is 13.8. The second kappa shape index (κ2) is 5.33. The Bertz CT molecular complexity index is 762. The van der Waals surface area contributed by atoms with Crippen molar-refractivity contribution in [1.82, 2.24) is 4.90 Å². The fourth-order valence-corrected chi connectivity index (χ4v) is 4.09. The third-order valence-corrected chi connectivity index (χ3v) is 5.45. The number of carbonyl (C=O) groups is 2. The predicted molar refractivity (Wildman–Crippen MR) is 87.1 cm³/mol. The third kappa shape index (κ3) is 2.17. The van der Waals surface area contributed by atoms with Gasteiger partial charge in [-0.2, -0.15) is 0 Å². The summed E-state index contributed by atoms with van der Waals surface area (Å²) in [5, 5.41) is 4.24. The zero-order valence-electron chi connectivity index (χ0n) is 12.2. The Balaban J connectivity index is 1.79. The number of rotatable bonds is 2. The third-order valence-electron chi connectivity index (χ3n) is 4.25. The second-order valence-corrected chi connectivity index (χ2v) is 6.97. The molecule has 1 aromatic heterocycles. The van der Waals surface area contributed by atoms with E-state index in [1.165, 1.54) is 7.05 Å². The second-order valence-electron chi connectivity index (χ2n) is 5.55. The van der Waals surface area contributed by atoms with Crippen LogP contribution in [0.3, 0.4) is 0 Å². The number of carbonyl (C=O) groups excluding carboxylic acids is 2. The van der Waals surface area contributed by atoms with Crippen LogP contribution in [0.1, 0.15) is 10.9 Å². The molecule has 2 aromatic rings. The first kappa shape index (κ1) is 14.7. The Labute approximate surface area is 142 Å². The highest BCUT2D eigenvalue weighted by atomic mass is 35.5. The van der Waals surface area contributed by atoms with Crippen LogP contribution in [-0.4, -0.2) is 29.9 Å². The van der Waals surface area contributed by atoms with Crippen molar-refractivity contribution in [3.8, 4) is 0 Å². The quantitative estimate of drug-likeness (QED) is 0.783. The van der Waals surface area contributed by atoms with E-state index in [4.69, 9.17) is 16.4 Å². The van der Waals surface area contributed by atoms with E-state index in [0.717, 1.165) is 15.5 Å². The molecule has 118 valence electrons. The van der Waals surface area contributed by atoms with Crippen LogP contribution < -0.4 is 5.06 Å². The average Bonchev–Trinajstić information content (AvgIpc) is 3.24. The van der Waals surface area contributed by atoms with Crippen molar-refractivity contribution >= 4 is 40.4 Å². The minimum absolute atomic E-state index is 0.199. The van der Waals surface area contributed by atoms with Gasteiger partial charge in [0.15, 0.2) is 6.10 Å². The summed E-state index contributed by atoms with van der Waals surface area (Å²) < 4.78 is 0. The number of thiophene rings is 1. The topological polar surface area (TPSA) is 49.9 Å². The highest BCUT2D eigenvalue weighted by Crippen LogP contribution is 2.47. The normalized spacial score (nSPS) is 27.0. The lowest BCUT2D eigenvalue weighted by Crippen LogP contribution is -2.34. The maximum atomic E-state index is 12.5. The van der Waals surface area contributed by atoms with E-state index in [0.29, 0.717) is 5.02 Å². The van der Waals surface area contributed by atoms with E-state index in [1.54, 1.807) is 28.5 Å². The van der Waals surface area contributed by atoms with Gasteiger partial charge in [-0.05, 0) is 35.7 Å². The van der Waals surface area contributed by atoms with Crippen LogP contribution in [0.15, 0.2) is 41.8 Å².